The first kappa shape index (κ1) is 38.5. The average molecular weight is 762 g/mol. The van der Waals surface area contributed by atoms with Crippen LogP contribution in [0.1, 0.15) is 70.4 Å². The third-order valence-electron chi connectivity index (χ3n) is 10.5. The second-order valence-electron chi connectivity index (χ2n) is 14.4. The van der Waals surface area contributed by atoms with E-state index < -0.39 is 24.2 Å². The van der Waals surface area contributed by atoms with E-state index in [1.807, 2.05) is 54.6 Å². The largest absolute Gasteiger partial charge is 0.506 e. The molecule has 0 spiro atoms. The molecule has 3 aliphatic rings. The van der Waals surface area contributed by atoms with Crippen molar-refractivity contribution < 1.29 is 34.0 Å². The van der Waals surface area contributed by atoms with Gasteiger partial charge in [-0.3, -0.25) is 14.7 Å². The van der Waals surface area contributed by atoms with Gasteiger partial charge in [-0.05, 0) is 98.3 Å². The number of carbonyl (C=O) groups is 2. The highest BCUT2D eigenvalue weighted by Crippen LogP contribution is 2.31. The minimum Gasteiger partial charge on any atom is -0.506 e. The molecule has 1 amide bonds. The Morgan fingerprint density at radius 2 is 1.77 bits per heavy atom. The van der Waals surface area contributed by atoms with Crippen molar-refractivity contribution >= 4 is 23.0 Å². The molecular formula is C43H47N5O8. The van der Waals surface area contributed by atoms with E-state index in [9.17, 15) is 24.6 Å². The molecule has 0 aliphatic carbocycles. The van der Waals surface area contributed by atoms with E-state index in [-0.39, 0.29) is 42.7 Å². The summed E-state index contributed by atoms with van der Waals surface area (Å²) in [5.74, 6) is 0.461. The molecule has 13 nitrogen and oxygen atoms in total. The summed E-state index contributed by atoms with van der Waals surface area (Å²) in [4.78, 5) is 46.9. The van der Waals surface area contributed by atoms with Gasteiger partial charge in [0.2, 0.25) is 5.56 Å². The normalized spacial score (nSPS) is 18.6. The highest BCUT2D eigenvalue weighted by atomic mass is 16.6. The van der Waals surface area contributed by atoms with Crippen molar-refractivity contribution in [2.45, 2.75) is 50.5 Å². The van der Waals surface area contributed by atoms with Crippen LogP contribution in [0, 0.1) is 5.92 Å². The zero-order chi connectivity index (χ0) is 38.9. The van der Waals surface area contributed by atoms with Gasteiger partial charge in [0.1, 0.15) is 24.2 Å². The van der Waals surface area contributed by atoms with E-state index in [1.54, 1.807) is 24.4 Å². The fourth-order valence-electron chi connectivity index (χ4n) is 7.47. The number of amides is 1. The average Bonchev–Trinajstić information content (AvgIpc) is 3.23. The molecular weight excluding hydrogens is 714 g/mol. The van der Waals surface area contributed by atoms with Gasteiger partial charge >= 0.3 is 12.1 Å². The zero-order valence-electron chi connectivity index (χ0n) is 31.1. The standard InChI is InChI=1S/C43H47N5O8/c49-36-13-11-34(35-12-14-39(51)46-41(35)36)37(50)25-44-17-4-5-20-54-42(52)32-21-28(23-45-24-32)27-55-33-10-6-9-31(22-33)40(30-7-2-1-3-8-30)47-43(53)56-38-26-48-18-15-29(38)16-19-48/h1-3,6-14,21-24,29,37-38,40,44,49-50H,4-5,15-20,25-27H2,(H,46,51)(H,47,53)/t37-,38-,40-/m0/s1. The first-order valence-electron chi connectivity index (χ1n) is 19.1. The molecule has 2 bridgehead atoms. The molecule has 5 heterocycles. The molecule has 292 valence electrons. The lowest BCUT2D eigenvalue weighted by Gasteiger charge is -2.43. The number of phenolic OH excluding ortho intramolecular Hbond substituents is 1. The Labute approximate surface area is 324 Å². The number of piperidine rings is 3. The maximum Gasteiger partial charge on any atom is 0.408 e. The second kappa shape index (κ2) is 18.2. The van der Waals surface area contributed by atoms with E-state index in [2.05, 4.69) is 25.5 Å². The molecule has 0 saturated carbocycles. The number of aromatic amines is 1. The monoisotopic (exact) mass is 761 g/mol. The van der Waals surface area contributed by atoms with Crippen LogP contribution in [-0.4, -0.2) is 82.6 Å². The number of fused-ring (bicyclic) bond motifs is 4. The molecule has 5 N–H and O–H groups in total. The van der Waals surface area contributed by atoms with Crippen molar-refractivity contribution in [2.24, 2.45) is 5.92 Å². The summed E-state index contributed by atoms with van der Waals surface area (Å²) in [6, 6.07) is 24.6. The van der Waals surface area contributed by atoms with Gasteiger partial charge in [-0.1, -0.05) is 48.5 Å². The number of phenols is 1. The summed E-state index contributed by atoms with van der Waals surface area (Å²) in [5, 5.41) is 27.7. The van der Waals surface area contributed by atoms with Crippen molar-refractivity contribution in [1.29, 1.82) is 0 Å². The first-order valence-corrected chi connectivity index (χ1v) is 19.1. The lowest BCUT2D eigenvalue weighted by atomic mass is 9.86. The number of pyridine rings is 2. The number of hydrogen-bond donors (Lipinski definition) is 5. The van der Waals surface area contributed by atoms with Crippen molar-refractivity contribution in [2.75, 3.05) is 39.3 Å². The van der Waals surface area contributed by atoms with Crippen molar-refractivity contribution in [1.82, 2.24) is 25.5 Å². The van der Waals surface area contributed by atoms with Crippen LogP contribution in [0.5, 0.6) is 11.5 Å². The second-order valence-corrected chi connectivity index (χ2v) is 14.4. The number of aromatic nitrogens is 2. The number of nitrogens with zero attached hydrogens (tertiary/aromatic N) is 2. The van der Waals surface area contributed by atoms with Gasteiger partial charge in [-0.25, -0.2) is 9.59 Å². The summed E-state index contributed by atoms with van der Waals surface area (Å²) in [7, 11) is 0. The predicted molar refractivity (Wildman–Crippen MR) is 209 cm³/mol. The number of H-pyrrole nitrogens is 1. The zero-order valence-corrected chi connectivity index (χ0v) is 31.1. The fraction of sp³-hybridized carbons (Fsp3) is 0.349. The predicted octanol–water partition coefficient (Wildman–Crippen LogP) is 5.38. The maximum atomic E-state index is 13.2. The quantitative estimate of drug-likeness (QED) is 0.0645. The summed E-state index contributed by atoms with van der Waals surface area (Å²) in [6.07, 6.45) is 5.14. The number of aliphatic hydroxyl groups excluding tert-OH is 1. The molecule has 3 saturated heterocycles. The minimum atomic E-state index is -0.854. The first-order chi connectivity index (χ1) is 27.3. The number of carbonyl (C=O) groups excluding carboxylic acids is 2. The van der Waals surface area contributed by atoms with Crippen LogP contribution in [0.4, 0.5) is 4.79 Å². The number of alkyl carbamates (subject to hydrolysis) is 1. The SMILES string of the molecule is O=C(N[C@@H](c1ccccc1)c1cccc(OCc2cncc(C(=O)OCCCCNC[C@H](O)c3ccc(O)c4[nH]c(=O)ccc34)c2)c1)O[C@H]1CN2CCC1CC2. The number of rotatable bonds is 16. The minimum absolute atomic E-state index is 0.0598. The Bertz CT molecular complexity index is 2170. The Morgan fingerprint density at radius 1 is 0.946 bits per heavy atom. The number of aromatic hydroxyl groups is 1. The number of nitrogens with one attached hydrogen (secondary N) is 3. The third-order valence-corrected chi connectivity index (χ3v) is 10.5. The number of unbranched alkanes of at least 4 members (excludes halogenated alkanes) is 1. The molecule has 3 aliphatic heterocycles. The van der Waals surface area contributed by atoms with Gasteiger partial charge in [-0.15, -0.1) is 0 Å². The molecule has 3 fully saturated rings. The van der Waals surface area contributed by atoms with Crippen molar-refractivity contribution in [3.63, 3.8) is 0 Å². The van der Waals surface area contributed by atoms with Crippen LogP contribution < -0.4 is 20.9 Å². The van der Waals surface area contributed by atoms with Gasteiger partial charge < -0.3 is 40.0 Å². The summed E-state index contributed by atoms with van der Waals surface area (Å²) < 4.78 is 17.6. The highest BCUT2D eigenvalue weighted by Gasteiger charge is 2.37. The van der Waals surface area contributed by atoms with Crippen LogP contribution in [0.3, 0.4) is 0 Å². The third kappa shape index (κ3) is 9.72. The van der Waals surface area contributed by atoms with Crippen LogP contribution in [-0.2, 0) is 16.1 Å². The highest BCUT2D eigenvalue weighted by molar-refractivity contribution is 5.89. The van der Waals surface area contributed by atoms with Gasteiger partial charge in [0, 0.05) is 42.5 Å². The van der Waals surface area contributed by atoms with E-state index in [1.165, 1.54) is 18.3 Å². The van der Waals surface area contributed by atoms with E-state index >= 15 is 0 Å². The lowest BCUT2D eigenvalue weighted by Crippen LogP contribution is -2.52. The van der Waals surface area contributed by atoms with Gasteiger partial charge in [0.25, 0.3) is 0 Å². The van der Waals surface area contributed by atoms with Crippen molar-refractivity contribution in [3.05, 3.63) is 135 Å². The molecule has 56 heavy (non-hydrogen) atoms. The fourth-order valence-corrected chi connectivity index (χ4v) is 7.47. The van der Waals surface area contributed by atoms with E-state index in [0.29, 0.717) is 53.1 Å². The Hall–Kier alpha value is -5.76. The summed E-state index contributed by atoms with van der Waals surface area (Å²) in [6.45, 7) is 4.16. The summed E-state index contributed by atoms with van der Waals surface area (Å²) >= 11 is 0. The number of esters is 1. The number of aliphatic hydroxyl groups is 1. The summed E-state index contributed by atoms with van der Waals surface area (Å²) in [5.41, 5.74) is 3.31. The molecule has 3 atom stereocenters. The molecule has 13 heteroatoms. The van der Waals surface area contributed by atoms with Crippen LogP contribution >= 0.6 is 0 Å². The molecule has 8 rings (SSSR count). The number of hydrogen-bond acceptors (Lipinski definition) is 11. The van der Waals surface area contributed by atoms with Gasteiger partial charge in [0.15, 0.2) is 0 Å². The topological polar surface area (TPSA) is 175 Å². The molecule has 0 radical (unpaired) electrons. The smallest absolute Gasteiger partial charge is 0.408 e. The number of ether oxygens (including phenoxy) is 3. The van der Waals surface area contributed by atoms with E-state index in [4.69, 9.17) is 14.2 Å². The Balaban J connectivity index is 0.866. The lowest BCUT2D eigenvalue weighted by molar-refractivity contribution is -0.0336. The molecule has 0 unspecified atom stereocenters. The number of benzene rings is 3. The molecule has 2 aromatic heterocycles. The van der Waals surface area contributed by atoms with Gasteiger partial charge in [-0.2, -0.15) is 0 Å². The van der Waals surface area contributed by atoms with Crippen LogP contribution in [0.2, 0.25) is 0 Å². The van der Waals surface area contributed by atoms with Crippen LogP contribution in [0.15, 0.2) is 102 Å². The van der Waals surface area contributed by atoms with Crippen molar-refractivity contribution in [3.8, 4) is 11.5 Å². The van der Waals surface area contributed by atoms with Crippen LogP contribution in [0.25, 0.3) is 10.9 Å². The Kier molecular flexibility index (Phi) is 12.6. The molecule has 3 aromatic carbocycles. The molecule has 5 aromatic rings. The van der Waals surface area contributed by atoms with Gasteiger partial charge in [0.05, 0.1) is 29.8 Å². The maximum absolute atomic E-state index is 13.2. The Morgan fingerprint density at radius 3 is 2.57 bits per heavy atom. The van der Waals surface area contributed by atoms with E-state index in [0.717, 1.165) is 43.6 Å².